The van der Waals surface area contributed by atoms with Gasteiger partial charge in [0.2, 0.25) is 0 Å². The van der Waals surface area contributed by atoms with Crippen molar-refractivity contribution in [3.8, 4) is 5.75 Å². The van der Waals surface area contributed by atoms with E-state index in [1.54, 1.807) is 7.11 Å². The predicted molar refractivity (Wildman–Crippen MR) is 144 cm³/mol. The van der Waals surface area contributed by atoms with Crippen molar-refractivity contribution >= 4 is 40.3 Å². The van der Waals surface area contributed by atoms with E-state index < -0.39 is 0 Å². The Morgan fingerprint density at radius 1 is 1.18 bits per heavy atom. The summed E-state index contributed by atoms with van der Waals surface area (Å²) < 4.78 is 5.52. The van der Waals surface area contributed by atoms with Gasteiger partial charge in [-0.1, -0.05) is 49.9 Å². The van der Waals surface area contributed by atoms with Gasteiger partial charge in [0, 0.05) is 42.5 Å². The summed E-state index contributed by atoms with van der Waals surface area (Å²) in [7, 11) is 1.66. The highest BCUT2D eigenvalue weighted by molar-refractivity contribution is 7.80. The monoisotopic (exact) mass is 485 g/mol. The van der Waals surface area contributed by atoms with Crippen molar-refractivity contribution in [2.24, 2.45) is 0 Å². The molecule has 4 rings (SSSR count). The van der Waals surface area contributed by atoms with Crippen LogP contribution in [0, 0.1) is 0 Å². The third kappa shape index (κ3) is 5.93. The Labute approximate surface area is 209 Å². The molecule has 0 amide bonds. The molecule has 0 unspecified atom stereocenters. The smallest absolute Gasteiger partial charge is 0.174 e. The van der Waals surface area contributed by atoms with Crippen molar-refractivity contribution in [3.05, 3.63) is 52.5 Å². The molecule has 1 aliphatic carbocycles. The van der Waals surface area contributed by atoms with Crippen molar-refractivity contribution in [2.45, 2.75) is 70.9 Å². The molecule has 1 heterocycles. The quantitative estimate of drug-likeness (QED) is 0.404. The number of nitrogens with one attached hydrogen (secondary N) is 1. The molecule has 0 atom stereocenters. The van der Waals surface area contributed by atoms with E-state index >= 15 is 0 Å². The van der Waals surface area contributed by atoms with Gasteiger partial charge in [-0.05, 0) is 73.6 Å². The molecule has 0 radical (unpaired) electrons. The Balaban J connectivity index is 1.53. The Kier molecular flexibility index (Phi) is 8.37. The largest absolute Gasteiger partial charge is 0.495 e. The number of rotatable bonds is 8. The summed E-state index contributed by atoms with van der Waals surface area (Å²) in [6.07, 6.45) is 9.82. The number of nitrogens with zero attached hydrogens (tertiary/aromatic N) is 2. The first-order chi connectivity index (χ1) is 16.1. The maximum absolute atomic E-state index is 6.15. The lowest BCUT2D eigenvalue weighted by Gasteiger charge is -2.34. The summed E-state index contributed by atoms with van der Waals surface area (Å²) in [4.78, 5) is 4.95. The van der Waals surface area contributed by atoms with Crippen LogP contribution in [0.1, 0.15) is 63.0 Å². The fraction of sp³-hybridized carbons (Fsp3) is 0.519. The first-order valence-electron chi connectivity index (χ1n) is 12.4. The van der Waals surface area contributed by atoms with Crippen molar-refractivity contribution < 1.29 is 4.74 Å². The van der Waals surface area contributed by atoms with Crippen LogP contribution in [0.4, 0.5) is 11.4 Å². The van der Waals surface area contributed by atoms with Gasteiger partial charge in [0.15, 0.2) is 5.11 Å². The number of aryl methyl sites for hydroxylation is 1. The van der Waals surface area contributed by atoms with Crippen LogP contribution in [0.15, 0.2) is 36.4 Å². The molecule has 0 aromatic heterocycles. The molecule has 2 aliphatic rings. The van der Waals surface area contributed by atoms with Gasteiger partial charge >= 0.3 is 0 Å². The van der Waals surface area contributed by atoms with Crippen molar-refractivity contribution in [1.29, 1.82) is 0 Å². The maximum atomic E-state index is 6.15. The molecule has 1 aliphatic heterocycles. The first kappa shape index (κ1) is 24.2. The van der Waals surface area contributed by atoms with E-state index in [9.17, 15) is 0 Å². The highest BCUT2D eigenvalue weighted by Crippen LogP contribution is 2.32. The van der Waals surface area contributed by atoms with Crippen molar-refractivity contribution in [3.63, 3.8) is 0 Å². The maximum Gasteiger partial charge on any atom is 0.174 e. The molecular formula is C27H36ClN3OS. The molecule has 33 heavy (non-hydrogen) atoms. The van der Waals surface area contributed by atoms with Crippen molar-refractivity contribution in [1.82, 2.24) is 4.90 Å². The number of hydrogen-bond donors (Lipinski definition) is 1. The summed E-state index contributed by atoms with van der Waals surface area (Å²) >= 11 is 12.1. The number of unbranched alkanes of at least 4 members (excludes halogenated alkanes) is 1. The minimum atomic E-state index is 0.473. The third-order valence-electron chi connectivity index (χ3n) is 6.92. The van der Waals surface area contributed by atoms with Gasteiger partial charge in [-0.25, -0.2) is 0 Å². The number of benzene rings is 2. The molecular weight excluding hydrogens is 450 g/mol. The number of methoxy groups -OCH3 is 1. The lowest BCUT2D eigenvalue weighted by atomic mass is 9.98. The number of hydrogen-bond acceptors (Lipinski definition) is 3. The molecule has 0 saturated heterocycles. The van der Waals surface area contributed by atoms with Gasteiger partial charge in [0.25, 0.3) is 0 Å². The minimum Gasteiger partial charge on any atom is -0.495 e. The van der Waals surface area contributed by atoms with E-state index in [0.717, 1.165) is 23.9 Å². The molecule has 178 valence electrons. The lowest BCUT2D eigenvalue weighted by molar-refractivity contribution is 0.312. The molecule has 6 heteroatoms. The second-order valence-electron chi connectivity index (χ2n) is 9.25. The molecule has 0 bridgehead atoms. The predicted octanol–water partition coefficient (Wildman–Crippen LogP) is 7.04. The first-order valence-corrected chi connectivity index (χ1v) is 13.2. The van der Waals surface area contributed by atoms with Crippen LogP contribution in [-0.4, -0.2) is 36.3 Å². The zero-order valence-corrected chi connectivity index (χ0v) is 21.5. The highest BCUT2D eigenvalue weighted by Gasteiger charge is 2.26. The Morgan fingerprint density at radius 2 is 2.00 bits per heavy atom. The molecule has 1 fully saturated rings. The van der Waals surface area contributed by atoms with Crippen LogP contribution < -0.4 is 15.0 Å². The van der Waals surface area contributed by atoms with Gasteiger partial charge in [-0.15, -0.1) is 0 Å². The molecule has 1 saturated carbocycles. The standard InChI is InChI=1S/C27H36ClN3OS/c1-3-4-15-30-16-7-8-21-17-20(11-14-25(21)30)19-31(23-9-5-6-10-23)27(33)29-24-13-12-22(28)18-26(24)32-2/h11-14,17-18,23H,3-10,15-16,19H2,1-2H3,(H,29,33). The minimum absolute atomic E-state index is 0.473. The average molecular weight is 486 g/mol. The van der Waals surface area contributed by atoms with Crippen LogP contribution in [0.5, 0.6) is 5.75 Å². The number of fused-ring (bicyclic) bond motifs is 1. The third-order valence-corrected chi connectivity index (χ3v) is 7.50. The normalized spacial score (nSPS) is 15.9. The van der Waals surface area contributed by atoms with Crippen molar-refractivity contribution in [2.75, 3.05) is 30.4 Å². The van der Waals surface area contributed by atoms with Gasteiger partial charge in [0.1, 0.15) is 5.75 Å². The van der Waals surface area contributed by atoms with Crippen LogP contribution in [0.25, 0.3) is 0 Å². The summed E-state index contributed by atoms with van der Waals surface area (Å²) in [6, 6.07) is 13.1. The van der Waals surface area contributed by atoms with Crippen LogP contribution in [0.3, 0.4) is 0 Å². The van der Waals surface area contributed by atoms with Crippen LogP contribution in [0.2, 0.25) is 5.02 Å². The molecule has 4 nitrogen and oxygen atoms in total. The van der Waals surface area contributed by atoms with Gasteiger partial charge in [-0.2, -0.15) is 0 Å². The summed E-state index contributed by atoms with van der Waals surface area (Å²) in [6.45, 7) is 5.43. The van der Waals surface area contributed by atoms with Gasteiger partial charge < -0.3 is 19.9 Å². The van der Waals surface area contributed by atoms with E-state index in [0.29, 0.717) is 16.8 Å². The zero-order valence-electron chi connectivity index (χ0n) is 19.9. The lowest BCUT2D eigenvalue weighted by Crippen LogP contribution is -2.41. The zero-order chi connectivity index (χ0) is 23.2. The fourth-order valence-electron chi connectivity index (χ4n) is 5.14. The topological polar surface area (TPSA) is 27.7 Å². The average Bonchev–Trinajstić information content (AvgIpc) is 3.36. The number of thiocarbonyl (C=S) groups is 1. The number of halogens is 1. The summed E-state index contributed by atoms with van der Waals surface area (Å²) in [5.41, 5.74) is 5.11. The SMILES string of the molecule is CCCCN1CCCc2cc(CN(C(=S)Nc3ccc(Cl)cc3OC)C3CCCC3)ccc21. The Morgan fingerprint density at radius 3 is 2.76 bits per heavy atom. The van der Waals surface area contributed by atoms with Gasteiger partial charge in [0.05, 0.1) is 12.8 Å². The van der Waals surface area contributed by atoms with Gasteiger partial charge in [-0.3, -0.25) is 0 Å². The number of ether oxygens (including phenoxy) is 1. The second kappa shape index (κ2) is 11.4. The van der Waals surface area contributed by atoms with Crippen LogP contribution >= 0.6 is 23.8 Å². The molecule has 2 aromatic carbocycles. The van der Waals surface area contributed by atoms with Crippen LogP contribution in [-0.2, 0) is 13.0 Å². The summed E-state index contributed by atoms with van der Waals surface area (Å²) in [5.74, 6) is 0.706. The highest BCUT2D eigenvalue weighted by atomic mass is 35.5. The number of anilines is 2. The Hall–Kier alpha value is -1.98. The summed E-state index contributed by atoms with van der Waals surface area (Å²) in [5, 5.41) is 4.85. The molecule has 1 N–H and O–H groups in total. The van der Waals surface area contributed by atoms with E-state index in [1.165, 1.54) is 74.7 Å². The second-order valence-corrected chi connectivity index (χ2v) is 10.1. The Bertz CT molecular complexity index is 960. The fourth-order valence-corrected chi connectivity index (χ4v) is 5.63. The van der Waals surface area contributed by atoms with E-state index in [-0.39, 0.29) is 0 Å². The van der Waals surface area contributed by atoms with E-state index in [1.807, 2.05) is 18.2 Å². The molecule has 2 aromatic rings. The van der Waals surface area contributed by atoms with E-state index in [2.05, 4.69) is 40.2 Å². The molecule has 0 spiro atoms. The van der Waals surface area contributed by atoms with E-state index in [4.69, 9.17) is 28.6 Å².